The van der Waals surface area contributed by atoms with E-state index in [0.29, 0.717) is 0 Å². The SMILES string of the molecule is COC(=O)[C@@H](C)NC(=O)NC(C)CCc1ccccc1. The molecule has 2 atom stereocenters. The minimum Gasteiger partial charge on any atom is -0.467 e. The highest BCUT2D eigenvalue weighted by Gasteiger charge is 2.16. The minimum atomic E-state index is -0.652. The summed E-state index contributed by atoms with van der Waals surface area (Å²) in [7, 11) is 1.29. The first-order chi connectivity index (χ1) is 9.52. The summed E-state index contributed by atoms with van der Waals surface area (Å²) in [6.45, 7) is 3.52. The van der Waals surface area contributed by atoms with Gasteiger partial charge in [-0.3, -0.25) is 0 Å². The molecular formula is C15H22N2O3. The molecule has 0 spiro atoms. The average Bonchev–Trinajstić information content (AvgIpc) is 2.45. The number of ether oxygens (including phenoxy) is 1. The molecule has 1 aromatic rings. The van der Waals surface area contributed by atoms with Crippen molar-refractivity contribution in [3.05, 3.63) is 35.9 Å². The highest BCUT2D eigenvalue weighted by atomic mass is 16.5. The molecule has 1 rings (SSSR count). The zero-order chi connectivity index (χ0) is 15.0. The largest absolute Gasteiger partial charge is 0.467 e. The molecule has 0 saturated carbocycles. The second kappa shape index (κ2) is 8.19. The molecular weight excluding hydrogens is 256 g/mol. The van der Waals surface area contributed by atoms with E-state index in [1.165, 1.54) is 12.7 Å². The molecule has 2 N–H and O–H groups in total. The number of rotatable bonds is 6. The number of amides is 2. The Morgan fingerprint density at radius 2 is 1.80 bits per heavy atom. The van der Waals surface area contributed by atoms with Gasteiger partial charge in [-0.25, -0.2) is 9.59 Å². The lowest BCUT2D eigenvalue weighted by atomic mass is 10.1. The van der Waals surface area contributed by atoms with Crippen LogP contribution in [0.3, 0.4) is 0 Å². The van der Waals surface area contributed by atoms with Crippen molar-refractivity contribution in [2.75, 3.05) is 7.11 Å². The Hall–Kier alpha value is -2.04. The number of hydrogen-bond acceptors (Lipinski definition) is 3. The van der Waals surface area contributed by atoms with Gasteiger partial charge in [0.2, 0.25) is 0 Å². The van der Waals surface area contributed by atoms with Crippen molar-refractivity contribution >= 4 is 12.0 Å². The fraction of sp³-hybridized carbons (Fsp3) is 0.467. The van der Waals surface area contributed by atoms with E-state index in [-0.39, 0.29) is 12.1 Å². The number of urea groups is 1. The van der Waals surface area contributed by atoms with Gasteiger partial charge in [0.15, 0.2) is 0 Å². The van der Waals surface area contributed by atoms with Crippen LogP contribution in [-0.2, 0) is 16.0 Å². The highest BCUT2D eigenvalue weighted by molar-refractivity contribution is 5.83. The Morgan fingerprint density at radius 3 is 2.40 bits per heavy atom. The van der Waals surface area contributed by atoms with Crippen molar-refractivity contribution in [3.8, 4) is 0 Å². The molecule has 0 fully saturated rings. The van der Waals surface area contributed by atoms with E-state index in [1.807, 2.05) is 25.1 Å². The third kappa shape index (κ3) is 5.73. The third-order valence-corrected chi connectivity index (χ3v) is 2.99. The zero-order valence-electron chi connectivity index (χ0n) is 12.2. The number of methoxy groups -OCH3 is 1. The molecule has 0 aliphatic heterocycles. The van der Waals surface area contributed by atoms with E-state index >= 15 is 0 Å². The molecule has 0 bridgehead atoms. The molecule has 0 saturated heterocycles. The molecule has 20 heavy (non-hydrogen) atoms. The summed E-state index contributed by atoms with van der Waals surface area (Å²) in [5, 5.41) is 5.34. The van der Waals surface area contributed by atoms with Crippen molar-refractivity contribution in [3.63, 3.8) is 0 Å². The summed E-state index contributed by atoms with van der Waals surface area (Å²) in [4.78, 5) is 22.8. The van der Waals surface area contributed by atoms with Gasteiger partial charge in [-0.05, 0) is 32.3 Å². The van der Waals surface area contributed by atoms with Gasteiger partial charge in [0.25, 0.3) is 0 Å². The highest BCUT2D eigenvalue weighted by Crippen LogP contribution is 2.04. The number of esters is 1. The van der Waals surface area contributed by atoms with Crippen LogP contribution < -0.4 is 10.6 Å². The Labute approximate surface area is 119 Å². The monoisotopic (exact) mass is 278 g/mol. The van der Waals surface area contributed by atoms with Crippen LogP contribution >= 0.6 is 0 Å². The topological polar surface area (TPSA) is 67.4 Å². The summed E-state index contributed by atoms with van der Waals surface area (Å²) >= 11 is 0. The van der Waals surface area contributed by atoms with Gasteiger partial charge in [0.1, 0.15) is 6.04 Å². The first kappa shape index (κ1) is 16.0. The summed E-state index contributed by atoms with van der Waals surface area (Å²) in [6, 6.07) is 9.12. The molecule has 5 nitrogen and oxygen atoms in total. The predicted octanol–water partition coefficient (Wildman–Crippen LogP) is 1.87. The summed E-state index contributed by atoms with van der Waals surface area (Å²) in [6.07, 6.45) is 1.74. The second-order valence-corrected chi connectivity index (χ2v) is 4.79. The van der Waals surface area contributed by atoms with E-state index in [9.17, 15) is 9.59 Å². The van der Waals surface area contributed by atoms with Crippen molar-refractivity contribution < 1.29 is 14.3 Å². The van der Waals surface area contributed by atoms with E-state index in [2.05, 4.69) is 27.5 Å². The van der Waals surface area contributed by atoms with Gasteiger partial charge in [-0.1, -0.05) is 30.3 Å². The van der Waals surface area contributed by atoms with Crippen LogP contribution in [0.4, 0.5) is 4.79 Å². The average molecular weight is 278 g/mol. The van der Waals surface area contributed by atoms with Crippen LogP contribution in [0.25, 0.3) is 0 Å². The molecule has 0 aliphatic carbocycles. The van der Waals surface area contributed by atoms with E-state index < -0.39 is 12.0 Å². The molecule has 1 unspecified atom stereocenters. The maximum Gasteiger partial charge on any atom is 0.328 e. The number of hydrogen-bond donors (Lipinski definition) is 2. The molecule has 0 heterocycles. The lowest BCUT2D eigenvalue weighted by Crippen LogP contribution is -2.47. The first-order valence-corrected chi connectivity index (χ1v) is 6.71. The maximum atomic E-state index is 11.7. The molecule has 0 radical (unpaired) electrons. The van der Waals surface area contributed by atoms with Gasteiger partial charge < -0.3 is 15.4 Å². The van der Waals surface area contributed by atoms with Crippen LogP contribution in [0.5, 0.6) is 0 Å². The molecule has 110 valence electrons. The van der Waals surface area contributed by atoms with Gasteiger partial charge >= 0.3 is 12.0 Å². The lowest BCUT2D eigenvalue weighted by molar-refractivity contribution is -0.142. The van der Waals surface area contributed by atoms with Gasteiger partial charge in [0.05, 0.1) is 7.11 Å². The summed E-state index contributed by atoms with van der Waals surface area (Å²) < 4.78 is 4.54. The van der Waals surface area contributed by atoms with Crippen LogP contribution in [0.2, 0.25) is 0 Å². The Bertz CT molecular complexity index is 434. The van der Waals surface area contributed by atoms with Gasteiger partial charge in [-0.2, -0.15) is 0 Å². The van der Waals surface area contributed by atoms with Crippen LogP contribution in [-0.4, -0.2) is 31.2 Å². The standard InChI is InChI=1S/C15H22N2O3/c1-11(9-10-13-7-5-4-6-8-13)16-15(19)17-12(2)14(18)20-3/h4-8,11-12H,9-10H2,1-3H3,(H2,16,17,19)/t11?,12-/m1/s1. The van der Waals surface area contributed by atoms with E-state index in [0.717, 1.165) is 12.8 Å². The Balaban J connectivity index is 2.29. The maximum absolute atomic E-state index is 11.7. The molecule has 1 aromatic carbocycles. The number of aryl methyl sites for hydroxylation is 1. The second-order valence-electron chi connectivity index (χ2n) is 4.79. The van der Waals surface area contributed by atoms with Crippen molar-refractivity contribution in [1.29, 1.82) is 0 Å². The van der Waals surface area contributed by atoms with Gasteiger partial charge in [-0.15, -0.1) is 0 Å². The third-order valence-electron chi connectivity index (χ3n) is 2.99. The van der Waals surface area contributed by atoms with Crippen molar-refractivity contribution in [2.45, 2.75) is 38.8 Å². The smallest absolute Gasteiger partial charge is 0.328 e. The fourth-order valence-electron chi connectivity index (χ4n) is 1.80. The molecule has 2 amide bonds. The van der Waals surface area contributed by atoms with Crippen LogP contribution in [0.15, 0.2) is 30.3 Å². The normalized spacial score (nSPS) is 13.2. The molecule has 0 aliphatic rings. The Kier molecular flexibility index (Phi) is 6.56. The van der Waals surface area contributed by atoms with Crippen molar-refractivity contribution in [2.24, 2.45) is 0 Å². The quantitative estimate of drug-likeness (QED) is 0.781. The summed E-state index contributed by atoms with van der Waals surface area (Å²) in [5.41, 5.74) is 1.24. The first-order valence-electron chi connectivity index (χ1n) is 6.71. The van der Waals surface area contributed by atoms with Crippen molar-refractivity contribution in [1.82, 2.24) is 10.6 Å². The number of carbonyl (C=O) groups excluding carboxylic acids is 2. The van der Waals surface area contributed by atoms with Crippen LogP contribution in [0.1, 0.15) is 25.8 Å². The number of carbonyl (C=O) groups is 2. The predicted molar refractivity (Wildman–Crippen MR) is 77.4 cm³/mol. The lowest BCUT2D eigenvalue weighted by Gasteiger charge is -2.17. The number of nitrogens with one attached hydrogen (secondary N) is 2. The van der Waals surface area contributed by atoms with Gasteiger partial charge in [0, 0.05) is 6.04 Å². The minimum absolute atomic E-state index is 0.0278. The van der Waals surface area contributed by atoms with E-state index in [1.54, 1.807) is 6.92 Å². The molecule has 5 heteroatoms. The zero-order valence-corrected chi connectivity index (χ0v) is 12.2. The van der Waals surface area contributed by atoms with E-state index in [4.69, 9.17) is 0 Å². The summed E-state index contributed by atoms with van der Waals surface area (Å²) in [5.74, 6) is -0.461. The van der Waals surface area contributed by atoms with Crippen LogP contribution in [0, 0.1) is 0 Å². The fourth-order valence-corrected chi connectivity index (χ4v) is 1.80. The Morgan fingerprint density at radius 1 is 1.15 bits per heavy atom. The number of benzene rings is 1. The molecule has 0 aromatic heterocycles.